The van der Waals surface area contributed by atoms with Crippen LogP contribution >= 0.6 is 23.4 Å². The summed E-state index contributed by atoms with van der Waals surface area (Å²) in [4.78, 5) is 1.98. The van der Waals surface area contributed by atoms with Gasteiger partial charge in [0.1, 0.15) is 5.82 Å². The molecule has 0 aliphatic rings. The van der Waals surface area contributed by atoms with E-state index in [4.69, 9.17) is 17.3 Å². The molecule has 0 radical (unpaired) electrons. The average Bonchev–Trinajstić information content (AvgIpc) is 2.33. The Morgan fingerprint density at radius 2 is 2.00 bits per heavy atom. The molecule has 4 heteroatoms. The van der Waals surface area contributed by atoms with Gasteiger partial charge in [-0.05, 0) is 55.3 Å². The van der Waals surface area contributed by atoms with Crippen molar-refractivity contribution in [2.24, 2.45) is 5.73 Å². The molecule has 0 aromatic heterocycles. The molecule has 19 heavy (non-hydrogen) atoms. The highest BCUT2D eigenvalue weighted by Crippen LogP contribution is 2.35. The van der Waals surface area contributed by atoms with Gasteiger partial charge < -0.3 is 5.73 Å². The minimum atomic E-state index is -0.220. The van der Waals surface area contributed by atoms with E-state index in [-0.39, 0.29) is 11.9 Å². The SMILES string of the molecule is Cc1cc(Sc2cccc(Cl)c2)c(C(C)N)cc1F. The van der Waals surface area contributed by atoms with Crippen molar-refractivity contribution in [2.45, 2.75) is 29.7 Å². The lowest BCUT2D eigenvalue weighted by atomic mass is 10.1. The zero-order chi connectivity index (χ0) is 14.0. The van der Waals surface area contributed by atoms with Crippen LogP contribution in [-0.4, -0.2) is 0 Å². The second kappa shape index (κ2) is 5.95. The molecule has 1 unspecified atom stereocenters. The molecule has 0 aliphatic carbocycles. The third-order valence-corrected chi connectivity index (χ3v) is 4.10. The standard InChI is InChI=1S/C15H15ClFNS/c1-9-6-15(13(10(2)18)8-14(9)17)19-12-5-3-4-11(16)7-12/h3-8,10H,18H2,1-2H3. The molecule has 1 nitrogen and oxygen atoms in total. The van der Waals surface area contributed by atoms with E-state index in [0.717, 1.165) is 15.4 Å². The van der Waals surface area contributed by atoms with Gasteiger partial charge in [0.2, 0.25) is 0 Å². The van der Waals surface area contributed by atoms with Crippen LogP contribution in [0.1, 0.15) is 24.1 Å². The molecule has 0 fully saturated rings. The molecule has 100 valence electrons. The maximum atomic E-state index is 13.6. The number of halogens is 2. The summed E-state index contributed by atoms with van der Waals surface area (Å²) in [7, 11) is 0. The number of rotatable bonds is 3. The van der Waals surface area contributed by atoms with Crippen molar-refractivity contribution in [3.05, 3.63) is 58.4 Å². The molecule has 0 saturated carbocycles. The van der Waals surface area contributed by atoms with Gasteiger partial charge in [-0.3, -0.25) is 0 Å². The first kappa shape index (κ1) is 14.4. The van der Waals surface area contributed by atoms with E-state index in [0.29, 0.717) is 10.6 Å². The zero-order valence-electron chi connectivity index (χ0n) is 10.8. The molecular formula is C15H15ClFNS. The maximum Gasteiger partial charge on any atom is 0.126 e. The van der Waals surface area contributed by atoms with Crippen LogP contribution in [0.2, 0.25) is 5.02 Å². The van der Waals surface area contributed by atoms with Crippen LogP contribution in [0.25, 0.3) is 0 Å². The van der Waals surface area contributed by atoms with E-state index >= 15 is 0 Å². The Morgan fingerprint density at radius 3 is 2.63 bits per heavy atom. The molecule has 0 amide bonds. The van der Waals surface area contributed by atoms with Crippen molar-refractivity contribution in [2.75, 3.05) is 0 Å². The lowest BCUT2D eigenvalue weighted by Crippen LogP contribution is -2.07. The van der Waals surface area contributed by atoms with Crippen LogP contribution in [-0.2, 0) is 0 Å². The molecule has 2 rings (SSSR count). The summed E-state index contributed by atoms with van der Waals surface area (Å²) in [5, 5.41) is 0.686. The fourth-order valence-electron chi connectivity index (χ4n) is 1.77. The molecular weight excluding hydrogens is 281 g/mol. The molecule has 0 saturated heterocycles. The lowest BCUT2D eigenvalue weighted by Gasteiger charge is -2.14. The molecule has 0 spiro atoms. The first-order valence-corrected chi connectivity index (χ1v) is 7.16. The molecule has 0 bridgehead atoms. The van der Waals surface area contributed by atoms with Gasteiger partial charge in [0.25, 0.3) is 0 Å². The van der Waals surface area contributed by atoms with E-state index in [1.54, 1.807) is 18.7 Å². The Morgan fingerprint density at radius 1 is 1.26 bits per heavy atom. The van der Waals surface area contributed by atoms with Crippen LogP contribution in [0, 0.1) is 12.7 Å². The monoisotopic (exact) mass is 295 g/mol. The summed E-state index contributed by atoms with van der Waals surface area (Å²) in [5.41, 5.74) is 7.34. The van der Waals surface area contributed by atoms with Crippen LogP contribution < -0.4 is 5.73 Å². The summed E-state index contributed by atoms with van der Waals surface area (Å²) < 4.78 is 13.6. The number of hydrogen-bond donors (Lipinski definition) is 1. The number of hydrogen-bond acceptors (Lipinski definition) is 2. The van der Waals surface area contributed by atoms with Gasteiger partial charge in [-0.2, -0.15) is 0 Å². The topological polar surface area (TPSA) is 26.0 Å². The summed E-state index contributed by atoms with van der Waals surface area (Å²) in [6.07, 6.45) is 0. The Hall–Kier alpha value is -1.03. The third kappa shape index (κ3) is 3.50. The quantitative estimate of drug-likeness (QED) is 0.866. The van der Waals surface area contributed by atoms with Crippen LogP contribution in [0.3, 0.4) is 0 Å². The van der Waals surface area contributed by atoms with E-state index in [9.17, 15) is 4.39 Å². The van der Waals surface area contributed by atoms with Gasteiger partial charge in [-0.25, -0.2) is 4.39 Å². The highest BCUT2D eigenvalue weighted by Gasteiger charge is 2.12. The van der Waals surface area contributed by atoms with Crippen LogP contribution in [0.5, 0.6) is 0 Å². The molecule has 1 atom stereocenters. The number of nitrogens with two attached hydrogens (primary N) is 1. The summed E-state index contributed by atoms with van der Waals surface area (Å²) in [6.45, 7) is 3.61. The van der Waals surface area contributed by atoms with Crippen molar-refractivity contribution < 1.29 is 4.39 Å². The number of aryl methyl sites for hydroxylation is 1. The third-order valence-electron chi connectivity index (χ3n) is 2.81. The van der Waals surface area contributed by atoms with Gasteiger partial charge in [0, 0.05) is 20.9 Å². The Bertz CT molecular complexity index is 599. The fourth-order valence-corrected chi connectivity index (χ4v) is 3.21. The highest BCUT2D eigenvalue weighted by molar-refractivity contribution is 7.99. The molecule has 2 N–H and O–H groups in total. The Balaban J connectivity index is 2.41. The average molecular weight is 296 g/mol. The Labute approximate surface area is 122 Å². The predicted octanol–water partition coefficient (Wildman–Crippen LogP) is 4.96. The second-order valence-corrected chi connectivity index (χ2v) is 6.04. The van der Waals surface area contributed by atoms with Gasteiger partial charge in [0.15, 0.2) is 0 Å². The van der Waals surface area contributed by atoms with Crippen LogP contribution in [0.4, 0.5) is 4.39 Å². The van der Waals surface area contributed by atoms with E-state index in [1.807, 2.05) is 37.3 Å². The van der Waals surface area contributed by atoms with Crippen molar-refractivity contribution >= 4 is 23.4 Å². The Kier molecular flexibility index (Phi) is 4.50. The first-order valence-electron chi connectivity index (χ1n) is 5.96. The summed E-state index contributed by atoms with van der Waals surface area (Å²) >= 11 is 7.52. The minimum Gasteiger partial charge on any atom is -0.324 e. The van der Waals surface area contributed by atoms with Gasteiger partial charge in [0.05, 0.1) is 0 Å². The smallest absolute Gasteiger partial charge is 0.126 e. The van der Waals surface area contributed by atoms with Crippen molar-refractivity contribution in [1.82, 2.24) is 0 Å². The fraction of sp³-hybridized carbons (Fsp3) is 0.200. The molecule has 0 aliphatic heterocycles. The summed E-state index contributed by atoms with van der Waals surface area (Å²) in [6, 6.07) is 10.7. The van der Waals surface area contributed by atoms with Gasteiger partial charge in [-0.1, -0.05) is 29.4 Å². The predicted molar refractivity (Wildman–Crippen MR) is 79.3 cm³/mol. The molecule has 2 aromatic carbocycles. The van der Waals surface area contributed by atoms with E-state index in [2.05, 4.69) is 0 Å². The maximum absolute atomic E-state index is 13.6. The van der Waals surface area contributed by atoms with Crippen molar-refractivity contribution in [3.8, 4) is 0 Å². The highest BCUT2D eigenvalue weighted by atomic mass is 35.5. The van der Waals surface area contributed by atoms with Crippen LogP contribution in [0.15, 0.2) is 46.2 Å². The number of benzene rings is 2. The first-order chi connectivity index (χ1) is 8.97. The largest absolute Gasteiger partial charge is 0.324 e. The molecule has 2 aromatic rings. The minimum absolute atomic E-state index is 0.211. The van der Waals surface area contributed by atoms with E-state index in [1.165, 1.54) is 6.07 Å². The van der Waals surface area contributed by atoms with Crippen molar-refractivity contribution in [3.63, 3.8) is 0 Å². The molecule has 0 heterocycles. The zero-order valence-corrected chi connectivity index (χ0v) is 12.4. The summed E-state index contributed by atoms with van der Waals surface area (Å²) in [5.74, 6) is -0.220. The van der Waals surface area contributed by atoms with Crippen molar-refractivity contribution in [1.29, 1.82) is 0 Å². The lowest BCUT2D eigenvalue weighted by molar-refractivity contribution is 0.610. The van der Waals surface area contributed by atoms with Gasteiger partial charge >= 0.3 is 0 Å². The normalized spacial score (nSPS) is 12.5. The second-order valence-electron chi connectivity index (χ2n) is 4.49. The van der Waals surface area contributed by atoms with Gasteiger partial charge in [-0.15, -0.1) is 0 Å². The van der Waals surface area contributed by atoms with E-state index < -0.39 is 0 Å².